The molecule has 0 saturated carbocycles. The van der Waals surface area contributed by atoms with Crippen LogP contribution in [0.25, 0.3) is 0 Å². The predicted octanol–water partition coefficient (Wildman–Crippen LogP) is 3.67. The molecule has 0 radical (unpaired) electrons. The number of hydrogen-bond donors (Lipinski definition) is 0. The van der Waals surface area contributed by atoms with E-state index in [2.05, 4.69) is 59.4 Å². The van der Waals surface area contributed by atoms with Gasteiger partial charge in [0, 0.05) is 30.2 Å². The average Bonchev–Trinajstić information content (AvgIpc) is 2.61. The third kappa shape index (κ3) is 3.33. The molecule has 0 aromatic carbocycles. The van der Waals surface area contributed by atoms with Crippen molar-refractivity contribution >= 4 is 15.9 Å². The minimum atomic E-state index is 0.503. The molecule has 0 fully saturated rings. The molecule has 0 aliphatic carbocycles. The van der Waals surface area contributed by atoms with Crippen molar-refractivity contribution in [1.29, 1.82) is 0 Å². The van der Waals surface area contributed by atoms with Gasteiger partial charge in [-0.1, -0.05) is 43.6 Å². The van der Waals surface area contributed by atoms with Crippen LogP contribution in [0.3, 0.4) is 0 Å². The first-order chi connectivity index (χ1) is 7.06. The van der Waals surface area contributed by atoms with Crippen molar-refractivity contribution in [2.75, 3.05) is 5.33 Å². The number of nitrogens with zero attached hydrogens (tertiary/aromatic N) is 2. The van der Waals surface area contributed by atoms with E-state index in [9.17, 15) is 0 Å². The molecule has 3 heteroatoms. The number of aromatic nitrogens is 2. The Morgan fingerprint density at radius 2 is 2.00 bits per heavy atom. The third-order valence-electron chi connectivity index (χ3n) is 2.84. The Morgan fingerprint density at radius 3 is 2.47 bits per heavy atom. The van der Waals surface area contributed by atoms with E-state index in [1.165, 1.54) is 5.82 Å². The van der Waals surface area contributed by atoms with Crippen molar-refractivity contribution in [1.82, 2.24) is 9.55 Å². The lowest BCUT2D eigenvalue weighted by Gasteiger charge is -2.20. The zero-order valence-corrected chi connectivity index (χ0v) is 11.7. The number of hydrogen-bond acceptors (Lipinski definition) is 1. The molecule has 0 N–H and O–H groups in total. The van der Waals surface area contributed by atoms with Crippen LogP contribution < -0.4 is 0 Å². The molecule has 15 heavy (non-hydrogen) atoms. The second kappa shape index (κ2) is 5.69. The molecular weight excluding hydrogens is 252 g/mol. The summed E-state index contributed by atoms with van der Waals surface area (Å²) in [5, 5.41) is 1.06. The van der Waals surface area contributed by atoms with E-state index in [1.807, 2.05) is 6.20 Å². The first-order valence-electron chi connectivity index (χ1n) is 5.63. The standard InChI is InChI=1S/C12H21BrN2/c1-9(2)11(7-13)8-15-6-5-14-12(15)10(3)4/h5-6,9-11H,7-8H2,1-4H3. The summed E-state index contributed by atoms with van der Waals surface area (Å²) < 4.78 is 2.29. The highest BCUT2D eigenvalue weighted by Gasteiger charge is 2.15. The van der Waals surface area contributed by atoms with E-state index in [4.69, 9.17) is 0 Å². The molecular formula is C12H21BrN2. The highest BCUT2D eigenvalue weighted by atomic mass is 79.9. The molecule has 0 spiro atoms. The van der Waals surface area contributed by atoms with Gasteiger partial charge in [0.1, 0.15) is 5.82 Å². The molecule has 0 aliphatic rings. The normalized spacial score (nSPS) is 13.8. The van der Waals surface area contributed by atoms with Gasteiger partial charge >= 0.3 is 0 Å². The second-order valence-electron chi connectivity index (χ2n) is 4.75. The van der Waals surface area contributed by atoms with E-state index in [0.717, 1.165) is 11.9 Å². The van der Waals surface area contributed by atoms with Crippen molar-refractivity contribution in [2.24, 2.45) is 11.8 Å². The summed E-state index contributed by atoms with van der Waals surface area (Å²) in [5.74, 6) is 3.08. The maximum atomic E-state index is 4.41. The lowest BCUT2D eigenvalue weighted by Crippen LogP contribution is -2.19. The molecule has 86 valence electrons. The van der Waals surface area contributed by atoms with Crippen LogP contribution in [0.5, 0.6) is 0 Å². The van der Waals surface area contributed by atoms with Crippen molar-refractivity contribution in [2.45, 2.75) is 40.2 Å². The van der Waals surface area contributed by atoms with Crippen LogP contribution >= 0.6 is 15.9 Å². The van der Waals surface area contributed by atoms with Gasteiger partial charge in [0.05, 0.1) is 0 Å². The number of alkyl halides is 1. The quantitative estimate of drug-likeness (QED) is 0.748. The minimum Gasteiger partial charge on any atom is -0.334 e. The molecule has 1 aromatic rings. The van der Waals surface area contributed by atoms with Crippen LogP contribution in [-0.2, 0) is 6.54 Å². The van der Waals surface area contributed by atoms with Gasteiger partial charge in [0.25, 0.3) is 0 Å². The van der Waals surface area contributed by atoms with Gasteiger partial charge in [-0.2, -0.15) is 0 Å². The lowest BCUT2D eigenvalue weighted by molar-refractivity contribution is 0.366. The Hall–Kier alpha value is -0.310. The zero-order chi connectivity index (χ0) is 11.4. The number of halogens is 1. The monoisotopic (exact) mass is 272 g/mol. The van der Waals surface area contributed by atoms with Crippen molar-refractivity contribution in [3.8, 4) is 0 Å². The minimum absolute atomic E-state index is 0.503. The molecule has 1 unspecified atom stereocenters. The summed E-state index contributed by atoms with van der Waals surface area (Å²) in [7, 11) is 0. The SMILES string of the molecule is CC(C)c1nccn1CC(CBr)C(C)C. The van der Waals surface area contributed by atoms with Gasteiger partial charge in [0.15, 0.2) is 0 Å². The van der Waals surface area contributed by atoms with Crippen LogP contribution in [-0.4, -0.2) is 14.9 Å². The van der Waals surface area contributed by atoms with E-state index in [-0.39, 0.29) is 0 Å². The molecule has 1 aromatic heterocycles. The Kier molecular flexibility index (Phi) is 4.84. The van der Waals surface area contributed by atoms with Gasteiger partial charge < -0.3 is 4.57 Å². The first-order valence-corrected chi connectivity index (χ1v) is 6.75. The lowest BCUT2D eigenvalue weighted by atomic mass is 9.98. The van der Waals surface area contributed by atoms with E-state index in [0.29, 0.717) is 17.8 Å². The highest BCUT2D eigenvalue weighted by Crippen LogP contribution is 2.19. The summed E-state index contributed by atoms with van der Waals surface area (Å²) in [5.41, 5.74) is 0. The second-order valence-corrected chi connectivity index (χ2v) is 5.40. The average molecular weight is 273 g/mol. The third-order valence-corrected chi connectivity index (χ3v) is 3.67. The largest absolute Gasteiger partial charge is 0.334 e. The van der Waals surface area contributed by atoms with Gasteiger partial charge in [0.2, 0.25) is 0 Å². The summed E-state index contributed by atoms with van der Waals surface area (Å²) in [6.45, 7) is 10.0. The molecule has 0 bridgehead atoms. The Morgan fingerprint density at radius 1 is 1.33 bits per heavy atom. The fourth-order valence-electron chi connectivity index (χ4n) is 1.67. The molecule has 1 atom stereocenters. The van der Waals surface area contributed by atoms with E-state index < -0.39 is 0 Å². The topological polar surface area (TPSA) is 17.8 Å². The van der Waals surface area contributed by atoms with Gasteiger partial charge in [-0.3, -0.25) is 0 Å². The Labute approximate surface area is 101 Å². The summed E-state index contributed by atoms with van der Waals surface area (Å²) in [6, 6.07) is 0. The highest BCUT2D eigenvalue weighted by molar-refractivity contribution is 9.09. The Bertz CT molecular complexity index is 292. The van der Waals surface area contributed by atoms with E-state index in [1.54, 1.807) is 0 Å². The summed E-state index contributed by atoms with van der Waals surface area (Å²) in [6.07, 6.45) is 3.99. The smallest absolute Gasteiger partial charge is 0.111 e. The molecule has 1 heterocycles. The van der Waals surface area contributed by atoms with Gasteiger partial charge in [-0.25, -0.2) is 4.98 Å². The van der Waals surface area contributed by atoms with Crippen LogP contribution in [0.2, 0.25) is 0 Å². The molecule has 0 saturated heterocycles. The maximum Gasteiger partial charge on any atom is 0.111 e. The number of rotatable bonds is 5. The molecule has 0 amide bonds. The van der Waals surface area contributed by atoms with Gasteiger partial charge in [-0.15, -0.1) is 0 Å². The predicted molar refractivity (Wildman–Crippen MR) is 68.4 cm³/mol. The van der Waals surface area contributed by atoms with Crippen molar-refractivity contribution < 1.29 is 0 Å². The summed E-state index contributed by atoms with van der Waals surface area (Å²) >= 11 is 3.59. The number of imidazole rings is 1. The van der Waals surface area contributed by atoms with Crippen LogP contribution in [0, 0.1) is 11.8 Å². The van der Waals surface area contributed by atoms with E-state index >= 15 is 0 Å². The fourth-order valence-corrected chi connectivity index (χ4v) is 2.62. The molecule has 2 nitrogen and oxygen atoms in total. The van der Waals surface area contributed by atoms with Gasteiger partial charge in [-0.05, 0) is 11.8 Å². The summed E-state index contributed by atoms with van der Waals surface area (Å²) in [4.78, 5) is 4.41. The zero-order valence-electron chi connectivity index (χ0n) is 10.1. The Balaban J connectivity index is 2.74. The van der Waals surface area contributed by atoms with Crippen LogP contribution in [0.4, 0.5) is 0 Å². The van der Waals surface area contributed by atoms with Crippen molar-refractivity contribution in [3.63, 3.8) is 0 Å². The fraction of sp³-hybridized carbons (Fsp3) is 0.750. The van der Waals surface area contributed by atoms with Crippen LogP contribution in [0.1, 0.15) is 39.4 Å². The first kappa shape index (κ1) is 12.8. The van der Waals surface area contributed by atoms with Crippen LogP contribution in [0.15, 0.2) is 12.4 Å². The molecule has 0 aliphatic heterocycles. The maximum absolute atomic E-state index is 4.41. The van der Waals surface area contributed by atoms with Crippen molar-refractivity contribution in [3.05, 3.63) is 18.2 Å². The molecule has 1 rings (SSSR count).